The predicted molar refractivity (Wildman–Crippen MR) is 66.6 cm³/mol. The van der Waals surface area contributed by atoms with Gasteiger partial charge in [0.1, 0.15) is 0 Å². The van der Waals surface area contributed by atoms with Gasteiger partial charge >= 0.3 is 100 Å². The fourth-order valence-corrected chi connectivity index (χ4v) is 4.57. The summed E-state index contributed by atoms with van der Waals surface area (Å²) in [6.07, 6.45) is 7.33. The third kappa shape index (κ3) is 5.48. The summed E-state index contributed by atoms with van der Waals surface area (Å²) in [5.41, 5.74) is 0. The van der Waals surface area contributed by atoms with Gasteiger partial charge in [-0.3, -0.25) is 0 Å². The van der Waals surface area contributed by atoms with Crippen molar-refractivity contribution in [3.63, 3.8) is 0 Å². The fourth-order valence-electron chi connectivity index (χ4n) is 1.48. The van der Waals surface area contributed by atoms with Crippen LogP contribution in [0.25, 0.3) is 0 Å². The molecule has 99 valence electrons. The quantitative estimate of drug-likeness (QED) is 0.429. The van der Waals surface area contributed by atoms with E-state index < -0.39 is 16.1 Å². The van der Waals surface area contributed by atoms with Gasteiger partial charge in [0.15, 0.2) is 0 Å². The van der Waals surface area contributed by atoms with E-state index in [4.69, 9.17) is 0 Å². The molecule has 0 N–H and O–H groups in total. The van der Waals surface area contributed by atoms with Gasteiger partial charge in [0.05, 0.1) is 0 Å². The molecule has 1 atom stereocenters. The second kappa shape index (κ2) is 7.23. The van der Waals surface area contributed by atoms with E-state index in [1.54, 1.807) is 5.20 Å². The molecule has 0 aromatic rings. The van der Waals surface area contributed by atoms with Gasteiger partial charge in [0, 0.05) is 0 Å². The molecule has 1 aliphatic rings. The van der Waals surface area contributed by atoms with Gasteiger partial charge in [-0.2, -0.15) is 0 Å². The molecule has 0 fully saturated rings. The van der Waals surface area contributed by atoms with Gasteiger partial charge in [0.25, 0.3) is 0 Å². The summed E-state index contributed by atoms with van der Waals surface area (Å²) in [7, 11) is -2.24. The molecule has 0 spiro atoms. The first-order valence-electron chi connectivity index (χ1n) is 5.21. The Morgan fingerprint density at radius 1 is 0.941 bits per heavy atom. The van der Waals surface area contributed by atoms with Crippen LogP contribution < -0.4 is 37.2 Å². The third-order valence-electron chi connectivity index (χ3n) is 2.96. The van der Waals surface area contributed by atoms with Gasteiger partial charge in [-0.15, -0.1) is 0 Å². The molecule has 0 nitrogen and oxygen atoms in total. The summed E-state index contributed by atoms with van der Waals surface area (Å²) < 4.78 is 0.329. The van der Waals surface area contributed by atoms with Gasteiger partial charge in [-0.1, -0.05) is 0 Å². The van der Waals surface area contributed by atoms with E-state index in [-0.39, 0.29) is 37.2 Å². The Kier molecular flexibility index (Phi) is 9.98. The van der Waals surface area contributed by atoms with E-state index in [1.165, 1.54) is 0 Å². The molecule has 0 aromatic heterocycles. The summed E-state index contributed by atoms with van der Waals surface area (Å²) in [4.78, 5) is 0. The Hall–Kier alpha value is 1.37. The van der Waals surface area contributed by atoms with Gasteiger partial charge in [0.2, 0.25) is 0 Å². The topological polar surface area (TPSA) is 0 Å². The molecule has 17 heavy (non-hydrogen) atoms. The normalized spacial score (nSPS) is 23.2. The molecule has 0 amide bonds. The minimum absolute atomic E-state index is 0. The second-order valence-electron chi connectivity index (χ2n) is 6.26. The first-order chi connectivity index (χ1) is 6.06. The summed E-state index contributed by atoms with van der Waals surface area (Å²) in [5, 5.41) is 1.63. The Morgan fingerprint density at radius 2 is 1.35 bits per heavy atom. The smallest absolute Gasteiger partial charge is 1.00 e. The maximum Gasteiger partial charge on any atom is -1.00 e. The largest absolute Gasteiger partial charge is 1.00 e. The van der Waals surface area contributed by atoms with Crippen LogP contribution in [0.1, 0.15) is 0 Å². The molecule has 0 heterocycles. The van der Waals surface area contributed by atoms with Crippen molar-refractivity contribution in [3.8, 4) is 0 Å². The summed E-state index contributed by atoms with van der Waals surface area (Å²) in [6.45, 7) is 14.6. The maximum absolute atomic E-state index is 2.91. The van der Waals surface area contributed by atoms with Crippen LogP contribution in [-0.2, 0) is 17.4 Å². The van der Waals surface area contributed by atoms with Crippen LogP contribution in [0.3, 0.4) is 0 Å². The maximum atomic E-state index is 2.91. The molecule has 0 bridgehead atoms. The van der Waals surface area contributed by atoms with Crippen molar-refractivity contribution >= 4 is 16.1 Å². The van der Waals surface area contributed by atoms with Crippen LogP contribution in [0.5, 0.6) is 0 Å². The number of allylic oxidation sites excluding steroid dienone is 4. The van der Waals surface area contributed by atoms with Crippen molar-refractivity contribution in [3.05, 3.63) is 23.4 Å². The zero-order valence-corrected chi connectivity index (χ0v) is 17.0. The van der Waals surface area contributed by atoms with Crippen LogP contribution in [-0.4, -0.2) is 16.1 Å². The molecule has 1 rings (SSSR count). The van der Waals surface area contributed by atoms with Gasteiger partial charge in [-0.05, 0) is 0 Å². The van der Waals surface area contributed by atoms with E-state index in [9.17, 15) is 0 Å². The van der Waals surface area contributed by atoms with Gasteiger partial charge in [-0.25, -0.2) is 0 Å². The van der Waals surface area contributed by atoms with Crippen molar-refractivity contribution in [2.24, 2.45) is 0 Å². The Morgan fingerprint density at radius 3 is 1.53 bits per heavy atom. The first kappa shape index (κ1) is 23.5. The predicted octanol–water partition coefficient (Wildman–Crippen LogP) is -5.05. The Labute approximate surface area is 136 Å². The molecule has 6 heteroatoms. The van der Waals surface area contributed by atoms with Crippen LogP contribution in [0, 0.1) is 0 Å². The van der Waals surface area contributed by atoms with E-state index in [1.807, 2.05) is 0 Å². The van der Waals surface area contributed by atoms with Crippen molar-refractivity contribution in [1.82, 2.24) is 0 Å². The third-order valence-corrected chi connectivity index (χ3v) is 11.3. The summed E-state index contributed by atoms with van der Waals surface area (Å²) in [5.74, 6) is 0. The molecular formula is C11H21Cl3Si2V. The molecule has 0 saturated carbocycles. The SMILES string of the molecule is C[Si](C)(C)C1=C[C]([V+3])([Si](C)(C)C)C=C1.[Cl-].[Cl-].[Cl-]. The number of halogens is 3. The average molecular weight is 367 g/mol. The van der Waals surface area contributed by atoms with E-state index in [0.717, 1.165) is 0 Å². The molecular weight excluding hydrogens is 346 g/mol. The van der Waals surface area contributed by atoms with E-state index >= 15 is 0 Å². The Balaban J connectivity index is -0.000000653. The molecule has 0 aromatic carbocycles. The summed E-state index contributed by atoms with van der Waals surface area (Å²) in [6, 6.07) is 0. The zero-order chi connectivity index (χ0) is 11.2. The van der Waals surface area contributed by atoms with Crippen LogP contribution in [0.15, 0.2) is 23.4 Å². The molecule has 0 radical (unpaired) electrons. The van der Waals surface area contributed by atoms with Crippen molar-refractivity contribution < 1.29 is 54.6 Å². The standard InChI is InChI=1S/C11H21Si2.3ClH.V/c1-12(2,3)10-7-8-11(9-10)13(4,5)6;;;;/h7-9H,1-6H3;3*1H;/q;;;;+3/p-3. The molecule has 1 aliphatic carbocycles. The minimum Gasteiger partial charge on any atom is -1.00 e. The molecule has 0 aliphatic heterocycles. The van der Waals surface area contributed by atoms with E-state index in [0.29, 0.717) is 3.75 Å². The van der Waals surface area contributed by atoms with Crippen LogP contribution >= 0.6 is 0 Å². The van der Waals surface area contributed by atoms with Crippen molar-refractivity contribution in [2.45, 2.75) is 43.0 Å². The average Bonchev–Trinajstić information content (AvgIpc) is 2.29. The fraction of sp³-hybridized carbons (Fsp3) is 0.636. The Bertz CT molecular complexity index is 303. The number of rotatable bonds is 2. The van der Waals surface area contributed by atoms with Crippen LogP contribution in [0.4, 0.5) is 0 Å². The zero-order valence-electron chi connectivity index (χ0n) is 11.3. The summed E-state index contributed by atoms with van der Waals surface area (Å²) >= 11 is 2.91. The first-order valence-corrected chi connectivity index (χ1v) is 12.9. The van der Waals surface area contributed by atoms with Crippen molar-refractivity contribution in [1.29, 1.82) is 0 Å². The van der Waals surface area contributed by atoms with Crippen molar-refractivity contribution in [2.75, 3.05) is 0 Å². The number of hydrogen-bond donors (Lipinski definition) is 0. The molecule has 1 unspecified atom stereocenters. The second-order valence-corrected chi connectivity index (χ2v) is 18.5. The monoisotopic (exact) mass is 365 g/mol. The van der Waals surface area contributed by atoms with Gasteiger partial charge < -0.3 is 37.2 Å². The van der Waals surface area contributed by atoms with Crippen LogP contribution in [0.2, 0.25) is 43.0 Å². The number of hydrogen-bond acceptors (Lipinski definition) is 0. The molecule has 0 saturated heterocycles. The minimum atomic E-state index is -1.14. The van der Waals surface area contributed by atoms with E-state index in [2.05, 4.69) is 74.9 Å².